The molecule has 0 bridgehead atoms. The molecule has 0 saturated carbocycles. The Kier molecular flexibility index (Phi) is 6.16. The molecule has 2 aliphatic rings. The summed E-state index contributed by atoms with van der Waals surface area (Å²) in [5, 5.41) is 2.38. The van der Waals surface area contributed by atoms with Crippen molar-refractivity contribution in [2.75, 3.05) is 10.2 Å². The number of pyridine rings is 1. The van der Waals surface area contributed by atoms with E-state index < -0.39 is 28.8 Å². The number of nitrogens with zero attached hydrogens (tertiary/aromatic N) is 3. The van der Waals surface area contributed by atoms with Crippen molar-refractivity contribution in [1.29, 1.82) is 0 Å². The van der Waals surface area contributed by atoms with Gasteiger partial charge < -0.3 is 5.32 Å². The van der Waals surface area contributed by atoms with Crippen molar-refractivity contribution in [3.05, 3.63) is 105 Å². The van der Waals surface area contributed by atoms with Crippen molar-refractivity contribution in [3.8, 4) is 0 Å². The van der Waals surface area contributed by atoms with Crippen LogP contribution in [0.1, 0.15) is 16.4 Å². The summed E-state index contributed by atoms with van der Waals surface area (Å²) in [4.78, 5) is 59.0. The van der Waals surface area contributed by atoms with Gasteiger partial charge in [0.2, 0.25) is 17.7 Å². The van der Waals surface area contributed by atoms with Crippen LogP contribution in [0.5, 0.6) is 0 Å². The van der Waals surface area contributed by atoms with Crippen molar-refractivity contribution < 1.29 is 18.8 Å². The van der Waals surface area contributed by atoms with Gasteiger partial charge in [0.05, 0.1) is 16.6 Å². The van der Waals surface area contributed by atoms with Gasteiger partial charge in [0.25, 0.3) is 0 Å². The Morgan fingerprint density at radius 3 is 2.45 bits per heavy atom. The lowest BCUT2D eigenvalue weighted by molar-refractivity contribution is -0.122. The highest BCUT2D eigenvalue weighted by Crippen LogP contribution is 2.53. The molecule has 8 nitrogen and oxygen atoms in total. The molecule has 2 aromatic heterocycles. The number of halogens is 1. The zero-order chi connectivity index (χ0) is 26.4. The normalized spacial score (nSPS) is 20.2. The molecule has 0 aliphatic carbocycles. The molecule has 3 amide bonds. The van der Waals surface area contributed by atoms with Crippen LogP contribution in [0.2, 0.25) is 0 Å². The number of thioether (sulfide) groups is 1. The topological polar surface area (TPSA) is 101 Å². The molecule has 190 valence electrons. The molecule has 4 aromatic rings. The second kappa shape index (κ2) is 9.66. The Labute approximate surface area is 224 Å². The third-order valence-corrected chi connectivity index (χ3v) is 9.14. The number of hydrogen-bond acceptors (Lipinski definition) is 7. The van der Waals surface area contributed by atoms with E-state index in [1.165, 1.54) is 33.7 Å². The first-order chi connectivity index (χ1) is 18.4. The Balaban J connectivity index is 1.40. The maximum Gasteiger partial charge on any atom is 0.308 e. The van der Waals surface area contributed by atoms with E-state index in [0.29, 0.717) is 26.8 Å². The van der Waals surface area contributed by atoms with Gasteiger partial charge in [0, 0.05) is 28.9 Å². The van der Waals surface area contributed by atoms with Gasteiger partial charge in [0.15, 0.2) is 0 Å². The predicted molar refractivity (Wildman–Crippen MR) is 142 cm³/mol. The molecule has 11 heteroatoms. The third kappa shape index (κ3) is 4.13. The number of aromatic nitrogens is 2. The Morgan fingerprint density at radius 1 is 0.974 bits per heavy atom. The minimum Gasteiger partial charge on any atom is -0.325 e. The first-order valence-electron chi connectivity index (χ1n) is 11.7. The zero-order valence-corrected chi connectivity index (χ0v) is 21.2. The summed E-state index contributed by atoms with van der Waals surface area (Å²) in [7, 11) is 0. The highest BCUT2D eigenvalue weighted by Gasteiger charge is 2.56. The van der Waals surface area contributed by atoms with Crippen LogP contribution in [0.15, 0.2) is 88.9 Å². The molecule has 2 aliphatic heterocycles. The number of para-hydroxylation sites is 1. The number of fused-ring (bicyclic) bond motifs is 2. The molecule has 0 radical (unpaired) electrons. The Hall–Kier alpha value is -4.09. The van der Waals surface area contributed by atoms with Gasteiger partial charge in [-0.1, -0.05) is 47.4 Å². The lowest BCUT2D eigenvalue weighted by Gasteiger charge is -2.30. The molecule has 0 unspecified atom stereocenters. The van der Waals surface area contributed by atoms with E-state index in [0.717, 1.165) is 23.1 Å². The molecular weight excluding hydrogens is 527 g/mol. The van der Waals surface area contributed by atoms with E-state index in [9.17, 15) is 23.6 Å². The van der Waals surface area contributed by atoms with Crippen molar-refractivity contribution in [2.24, 2.45) is 5.92 Å². The summed E-state index contributed by atoms with van der Waals surface area (Å²) in [6.45, 7) is -0.295. The van der Waals surface area contributed by atoms with Crippen LogP contribution in [-0.2, 0) is 20.9 Å². The van der Waals surface area contributed by atoms with Crippen LogP contribution in [-0.4, -0.2) is 32.5 Å². The number of anilines is 2. The lowest BCUT2D eigenvalue weighted by Crippen LogP contribution is -2.33. The van der Waals surface area contributed by atoms with E-state index in [1.807, 2.05) is 12.1 Å². The molecule has 0 spiro atoms. The van der Waals surface area contributed by atoms with E-state index in [4.69, 9.17) is 0 Å². The average molecular weight is 547 g/mol. The standard InChI is InChI=1S/C27H19FN4O4S2/c28-16-8-10-17(11-9-16)30-19(33)14-31-26-23(38-27(31)36)20(15-5-4-12-29-13-15)21-22(37-26)25(35)32(24(21)34)18-6-2-1-3-7-18/h1-13,20-22H,14H2,(H,30,33)/t20-,21-,22+/m0/s1. The summed E-state index contributed by atoms with van der Waals surface area (Å²) in [5.74, 6) is -2.91. The SMILES string of the molecule is O=C(Cn1c2c(sc1=O)[C@@H](c1cccnc1)[C@@H]1C(=O)N(c3ccccc3)C(=O)[C@@H]1S2)Nc1ccc(F)cc1. The molecule has 6 rings (SSSR count). The van der Waals surface area contributed by atoms with Crippen LogP contribution in [0, 0.1) is 11.7 Å². The molecule has 1 saturated heterocycles. The minimum atomic E-state index is -0.777. The Bertz CT molecular complexity index is 1610. The van der Waals surface area contributed by atoms with Crippen LogP contribution in [0.4, 0.5) is 15.8 Å². The molecule has 1 fully saturated rings. The number of imide groups is 1. The molecule has 2 aromatic carbocycles. The average Bonchev–Trinajstić information content (AvgIpc) is 3.37. The maximum atomic E-state index is 13.7. The van der Waals surface area contributed by atoms with Crippen LogP contribution in [0.3, 0.4) is 0 Å². The van der Waals surface area contributed by atoms with Crippen LogP contribution in [0.25, 0.3) is 0 Å². The second-order valence-corrected chi connectivity index (χ2v) is 11.0. The van der Waals surface area contributed by atoms with E-state index in [2.05, 4.69) is 10.3 Å². The number of carbonyl (C=O) groups excluding carboxylic acids is 3. The maximum absolute atomic E-state index is 13.7. The molecule has 1 N–H and O–H groups in total. The smallest absolute Gasteiger partial charge is 0.308 e. The van der Waals surface area contributed by atoms with Crippen LogP contribution >= 0.6 is 23.1 Å². The van der Waals surface area contributed by atoms with Crippen molar-refractivity contribution in [3.63, 3.8) is 0 Å². The molecular formula is C27H19FN4O4S2. The quantitative estimate of drug-likeness (QED) is 0.382. The largest absolute Gasteiger partial charge is 0.325 e. The minimum absolute atomic E-state index is 0.295. The van der Waals surface area contributed by atoms with Gasteiger partial charge in [-0.05, 0) is 48.0 Å². The van der Waals surface area contributed by atoms with Crippen molar-refractivity contribution in [1.82, 2.24) is 9.55 Å². The molecule has 38 heavy (non-hydrogen) atoms. The number of benzene rings is 2. The number of carbonyl (C=O) groups is 3. The van der Waals surface area contributed by atoms with Gasteiger partial charge in [0.1, 0.15) is 17.6 Å². The molecule has 4 heterocycles. The summed E-state index contributed by atoms with van der Waals surface area (Å²) in [5.41, 5.74) is 1.59. The first kappa shape index (κ1) is 24.3. The third-order valence-electron chi connectivity index (χ3n) is 6.54. The van der Waals surface area contributed by atoms with E-state index in [-0.39, 0.29) is 23.2 Å². The van der Waals surface area contributed by atoms with Gasteiger partial charge in [-0.2, -0.15) is 0 Å². The predicted octanol–water partition coefficient (Wildman–Crippen LogP) is 3.88. The molecule has 3 atom stereocenters. The van der Waals surface area contributed by atoms with Crippen molar-refractivity contribution >= 4 is 52.2 Å². The fraction of sp³-hybridized carbons (Fsp3) is 0.148. The summed E-state index contributed by atoms with van der Waals surface area (Å²) >= 11 is 2.11. The first-order valence-corrected chi connectivity index (χ1v) is 13.4. The second-order valence-electron chi connectivity index (χ2n) is 8.85. The van der Waals surface area contributed by atoms with E-state index in [1.54, 1.807) is 42.7 Å². The highest BCUT2D eigenvalue weighted by atomic mass is 32.2. The van der Waals surface area contributed by atoms with Gasteiger partial charge >= 0.3 is 4.87 Å². The number of hydrogen-bond donors (Lipinski definition) is 1. The van der Waals surface area contributed by atoms with E-state index >= 15 is 0 Å². The summed E-state index contributed by atoms with van der Waals surface area (Å²) < 4.78 is 14.6. The van der Waals surface area contributed by atoms with Gasteiger partial charge in [-0.15, -0.1) is 0 Å². The number of rotatable bonds is 5. The summed E-state index contributed by atoms with van der Waals surface area (Å²) in [6.07, 6.45) is 3.25. The number of thiazole rings is 1. The zero-order valence-electron chi connectivity index (χ0n) is 19.6. The monoisotopic (exact) mass is 546 g/mol. The fourth-order valence-corrected chi connectivity index (χ4v) is 7.66. The lowest BCUT2D eigenvalue weighted by atomic mass is 9.84. The highest BCUT2D eigenvalue weighted by molar-refractivity contribution is 8.00. The Morgan fingerprint density at radius 2 is 1.74 bits per heavy atom. The number of nitrogens with one attached hydrogen (secondary N) is 1. The summed E-state index contributed by atoms with van der Waals surface area (Å²) in [6, 6.07) is 17.6. The number of amides is 3. The van der Waals surface area contributed by atoms with Gasteiger partial charge in [-0.25, -0.2) is 9.29 Å². The van der Waals surface area contributed by atoms with Crippen LogP contribution < -0.4 is 15.1 Å². The van der Waals surface area contributed by atoms with Crippen molar-refractivity contribution in [2.45, 2.75) is 22.7 Å². The van der Waals surface area contributed by atoms with Gasteiger partial charge in [-0.3, -0.25) is 28.7 Å². The fourth-order valence-electron chi connectivity index (χ4n) is 4.88.